The van der Waals surface area contributed by atoms with Gasteiger partial charge >= 0.3 is 0 Å². The number of thioether (sulfide) groups is 2. The summed E-state index contributed by atoms with van der Waals surface area (Å²) < 4.78 is 1.28. The number of fused-ring (bicyclic) bond motifs is 4. The van der Waals surface area contributed by atoms with Gasteiger partial charge < -0.3 is 0 Å². The van der Waals surface area contributed by atoms with Gasteiger partial charge in [0, 0.05) is 10.5 Å². The molecular formula is C15H22S3. The SMILES string of the molecule is S=C(SC1CC2CCC1C2)SC1CC2CCC1C2. The molecule has 0 aliphatic heterocycles. The first-order chi connectivity index (χ1) is 8.78. The van der Waals surface area contributed by atoms with E-state index in [4.69, 9.17) is 12.2 Å². The summed E-state index contributed by atoms with van der Waals surface area (Å²) in [7, 11) is 0. The lowest BCUT2D eigenvalue weighted by molar-refractivity contribution is 0.492. The predicted molar refractivity (Wildman–Crippen MR) is 86.3 cm³/mol. The fourth-order valence-electron chi connectivity index (χ4n) is 4.94. The van der Waals surface area contributed by atoms with Crippen LogP contribution in [0.5, 0.6) is 0 Å². The summed E-state index contributed by atoms with van der Waals surface area (Å²) in [5.41, 5.74) is 0. The fraction of sp³-hybridized carbons (Fsp3) is 0.933. The van der Waals surface area contributed by atoms with Crippen molar-refractivity contribution in [1.29, 1.82) is 0 Å². The van der Waals surface area contributed by atoms with Crippen LogP contribution < -0.4 is 0 Å². The van der Waals surface area contributed by atoms with Crippen LogP contribution in [0.3, 0.4) is 0 Å². The van der Waals surface area contributed by atoms with Gasteiger partial charge in [0.1, 0.15) is 3.53 Å². The Morgan fingerprint density at radius 3 is 1.56 bits per heavy atom. The smallest absolute Gasteiger partial charge is 0.104 e. The van der Waals surface area contributed by atoms with Crippen molar-refractivity contribution in [2.24, 2.45) is 23.7 Å². The van der Waals surface area contributed by atoms with Crippen molar-refractivity contribution >= 4 is 39.3 Å². The predicted octanol–water partition coefficient (Wildman–Crippen LogP) is 5.11. The highest BCUT2D eigenvalue weighted by atomic mass is 32.2. The molecule has 0 aromatic carbocycles. The van der Waals surface area contributed by atoms with Crippen molar-refractivity contribution in [2.45, 2.75) is 61.9 Å². The van der Waals surface area contributed by atoms with Gasteiger partial charge in [0.05, 0.1) is 0 Å². The maximum Gasteiger partial charge on any atom is 0.104 e. The van der Waals surface area contributed by atoms with E-state index in [0.717, 1.165) is 34.2 Å². The van der Waals surface area contributed by atoms with Crippen molar-refractivity contribution in [3.8, 4) is 0 Å². The molecule has 0 aromatic rings. The van der Waals surface area contributed by atoms with Crippen LogP contribution in [0.2, 0.25) is 0 Å². The second-order valence-corrected chi connectivity index (χ2v) is 10.6. The number of rotatable bonds is 2. The second-order valence-electron chi connectivity index (χ2n) is 6.91. The first-order valence-corrected chi connectivity index (χ1v) is 9.82. The lowest BCUT2D eigenvalue weighted by atomic mass is 10.0. The Kier molecular flexibility index (Phi) is 3.45. The van der Waals surface area contributed by atoms with E-state index < -0.39 is 0 Å². The van der Waals surface area contributed by atoms with E-state index in [9.17, 15) is 0 Å². The Labute approximate surface area is 124 Å². The highest BCUT2D eigenvalue weighted by molar-refractivity contribution is 8.47. The molecule has 4 fully saturated rings. The largest absolute Gasteiger partial charge is 0.104 e. The number of thiocarbonyl (C=S) groups is 1. The molecule has 0 radical (unpaired) electrons. The zero-order valence-corrected chi connectivity index (χ0v) is 13.3. The molecule has 4 bridgehead atoms. The summed E-state index contributed by atoms with van der Waals surface area (Å²) in [5, 5.41) is 1.78. The topological polar surface area (TPSA) is 0 Å². The second kappa shape index (κ2) is 4.96. The molecule has 0 heterocycles. The zero-order chi connectivity index (χ0) is 12.1. The number of hydrogen-bond acceptors (Lipinski definition) is 3. The van der Waals surface area contributed by atoms with Gasteiger partial charge in [-0.05, 0) is 62.2 Å². The van der Waals surface area contributed by atoms with Gasteiger partial charge in [-0.1, -0.05) is 25.1 Å². The molecule has 18 heavy (non-hydrogen) atoms. The number of hydrogen-bond donors (Lipinski definition) is 0. The highest BCUT2D eigenvalue weighted by Gasteiger charge is 2.42. The molecule has 4 aliphatic rings. The van der Waals surface area contributed by atoms with Gasteiger partial charge in [0.25, 0.3) is 0 Å². The van der Waals surface area contributed by atoms with E-state index in [0.29, 0.717) is 0 Å². The van der Waals surface area contributed by atoms with Crippen LogP contribution in [0, 0.1) is 23.7 Å². The average Bonchev–Trinajstić information content (AvgIpc) is 3.08. The third kappa shape index (κ3) is 2.29. The van der Waals surface area contributed by atoms with Crippen LogP contribution in [0.15, 0.2) is 0 Å². The minimum atomic E-state index is 0.891. The van der Waals surface area contributed by atoms with Gasteiger partial charge in [-0.2, -0.15) is 0 Å². The Bertz CT molecular complexity index is 322. The van der Waals surface area contributed by atoms with E-state index in [2.05, 4.69) is 23.5 Å². The van der Waals surface area contributed by atoms with E-state index in [-0.39, 0.29) is 0 Å². The minimum absolute atomic E-state index is 0.891. The molecule has 4 aliphatic carbocycles. The van der Waals surface area contributed by atoms with Gasteiger partial charge in [-0.15, -0.1) is 23.5 Å². The molecule has 0 aromatic heterocycles. The average molecular weight is 299 g/mol. The molecular weight excluding hydrogens is 276 g/mol. The van der Waals surface area contributed by atoms with Crippen LogP contribution in [0.4, 0.5) is 0 Å². The molecule has 0 amide bonds. The molecule has 0 nitrogen and oxygen atoms in total. The first-order valence-electron chi connectivity index (χ1n) is 7.65. The van der Waals surface area contributed by atoms with Crippen molar-refractivity contribution in [2.75, 3.05) is 0 Å². The molecule has 0 N–H and O–H groups in total. The Hall–Kier alpha value is 0.790. The van der Waals surface area contributed by atoms with Crippen LogP contribution in [0.1, 0.15) is 51.4 Å². The van der Waals surface area contributed by atoms with Gasteiger partial charge in [-0.25, -0.2) is 0 Å². The monoisotopic (exact) mass is 298 g/mol. The van der Waals surface area contributed by atoms with Crippen LogP contribution in [-0.2, 0) is 0 Å². The molecule has 6 unspecified atom stereocenters. The molecule has 6 atom stereocenters. The lowest BCUT2D eigenvalue weighted by Gasteiger charge is -2.24. The third-order valence-corrected chi connectivity index (χ3v) is 9.14. The first kappa shape index (κ1) is 12.5. The van der Waals surface area contributed by atoms with E-state index in [1.165, 1.54) is 54.9 Å². The lowest BCUT2D eigenvalue weighted by Crippen LogP contribution is -2.17. The van der Waals surface area contributed by atoms with Crippen molar-refractivity contribution in [3.63, 3.8) is 0 Å². The maximum absolute atomic E-state index is 5.68. The van der Waals surface area contributed by atoms with Crippen molar-refractivity contribution in [1.82, 2.24) is 0 Å². The standard InChI is InChI=1S/C15H22S3/c16-15(17-13-7-9-1-3-11(13)5-9)18-14-8-10-2-4-12(14)6-10/h9-14H,1-8H2. The van der Waals surface area contributed by atoms with Gasteiger partial charge in [0.2, 0.25) is 0 Å². The minimum Gasteiger partial charge on any atom is -0.104 e. The summed E-state index contributed by atoms with van der Waals surface area (Å²) in [6.45, 7) is 0. The van der Waals surface area contributed by atoms with Crippen molar-refractivity contribution < 1.29 is 0 Å². The Balaban J connectivity index is 1.29. The van der Waals surface area contributed by atoms with Crippen LogP contribution >= 0.6 is 35.7 Å². The van der Waals surface area contributed by atoms with Crippen molar-refractivity contribution in [3.05, 3.63) is 0 Å². The molecule has 100 valence electrons. The summed E-state index contributed by atoms with van der Waals surface area (Å²) >= 11 is 9.84. The quantitative estimate of drug-likeness (QED) is 0.650. The van der Waals surface area contributed by atoms with Gasteiger partial charge in [0.15, 0.2) is 0 Å². The third-order valence-electron chi connectivity index (χ3n) is 5.84. The maximum atomic E-state index is 5.68. The summed E-state index contributed by atoms with van der Waals surface area (Å²) in [6.07, 6.45) is 12.0. The highest BCUT2D eigenvalue weighted by Crippen LogP contribution is 2.53. The molecule has 4 rings (SSSR count). The van der Waals surface area contributed by atoms with E-state index >= 15 is 0 Å². The molecule has 3 heteroatoms. The zero-order valence-electron chi connectivity index (χ0n) is 10.8. The fourth-order valence-corrected chi connectivity index (χ4v) is 8.75. The molecule has 0 spiro atoms. The molecule has 0 saturated heterocycles. The summed E-state index contributed by atoms with van der Waals surface area (Å²) in [5.74, 6) is 4.14. The Morgan fingerprint density at radius 1 is 0.722 bits per heavy atom. The van der Waals surface area contributed by atoms with Crippen LogP contribution in [0.25, 0.3) is 0 Å². The normalized spacial score (nSPS) is 49.1. The molecule has 4 saturated carbocycles. The summed E-state index contributed by atoms with van der Waals surface area (Å²) in [4.78, 5) is 0. The van der Waals surface area contributed by atoms with E-state index in [1.807, 2.05) is 0 Å². The Morgan fingerprint density at radius 2 is 1.22 bits per heavy atom. The summed E-state index contributed by atoms with van der Waals surface area (Å²) in [6, 6.07) is 0. The van der Waals surface area contributed by atoms with E-state index in [1.54, 1.807) is 0 Å². The van der Waals surface area contributed by atoms with Gasteiger partial charge in [-0.3, -0.25) is 0 Å². The van der Waals surface area contributed by atoms with Crippen LogP contribution in [-0.4, -0.2) is 14.0 Å².